The highest BCUT2D eigenvalue weighted by Crippen LogP contribution is 2.20. The number of aryl methyl sites for hydroxylation is 1. The van der Waals surface area contributed by atoms with E-state index in [0.717, 1.165) is 61.2 Å². The number of nitrogens with one attached hydrogen (secondary N) is 1. The number of nitrogens with zero attached hydrogens (tertiary/aromatic N) is 4. The summed E-state index contributed by atoms with van der Waals surface area (Å²) >= 11 is 1.15. The van der Waals surface area contributed by atoms with Gasteiger partial charge in [-0.2, -0.15) is 0 Å². The maximum Gasteiger partial charge on any atom is 0.269 e. The van der Waals surface area contributed by atoms with Gasteiger partial charge in [-0.15, -0.1) is 5.10 Å². The summed E-state index contributed by atoms with van der Waals surface area (Å²) in [4.78, 5) is 17.9. The molecular weight excluding hydrogens is 322 g/mol. The van der Waals surface area contributed by atoms with Gasteiger partial charge in [-0.3, -0.25) is 9.69 Å². The smallest absolute Gasteiger partial charge is 0.269 e. The molecule has 1 amide bonds. The number of benzene rings is 1. The molecule has 0 radical (unpaired) electrons. The second-order valence-electron chi connectivity index (χ2n) is 6.09. The molecule has 2 heterocycles. The van der Waals surface area contributed by atoms with Crippen molar-refractivity contribution in [3.05, 3.63) is 40.4 Å². The summed E-state index contributed by atoms with van der Waals surface area (Å²) in [6, 6.07) is 8.02. The second kappa shape index (κ2) is 7.83. The Morgan fingerprint density at radius 3 is 2.75 bits per heavy atom. The van der Waals surface area contributed by atoms with E-state index in [4.69, 9.17) is 0 Å². The molecule has 1 saturated heterocycles. The number of amides is 1. The number of hydrogen-bond donors (Lipinski definition) is 1. The molecule has 0 aliphatic carbocycles. The minimum absolute atomic E-state index is 0.118. The van der Waals surface area contributed by atoms with Crippen LogP contribution < -0.4 is 5.32 Å². The van der Waals surface area contributed by atoms with Gasteiger partial charge in [-0.1, -0.05) is 29.6 Å². The Morgan fingerprint density at radius 1 is 1.25 bits per heavy atom. The minimum Gasteiger partial charge on any atom is -0.321 e. The third-order valence-corrected chi connectivity index (χ3v) is 5.12. The van der Waals surface area contributed by atoms with Gasteiger partial charge in [0, 0.05) is 38.4 Å². The number of para-hydroxylation sites is 1. The fourth-order valence-corrected chi connectivity index (χ4v) is 3.46. The highest BCUT2D eigenvalue weighted by Gasteiger charge is 2.18. The number of likely N-dealkylation sites (N-methyl/N-ethyl adjacent to an activating group) is 1. The van der Waals surface area contributed by atoms with Gasteiger partial charge in [0.2, 0.25) is 0 Å². The highest BCUT2D eigenvalue weighted by atomic mass is 32.1. The van der Waals surface area contributed by atoms with Crippen molar-refractivity contribution in [3.63, 3.8) is 0 Å². The average Bonchev–Trinajstić information content (AvgIpc) is 3.07. The molecule has 128 valence electrons. The molecule has 0 spiro atoms. The minimum atomic E-state index is -0.118. The molecular formula is C17H23N5OS. The number of hydrogen-bond acceptors (Lipinski definition) is 6. The monoisotopic (exact) mass is 345 g/mol. The largest absolute Gasteiger partial charge is 0.321 e. The molecule has 7 heteroatoms. The first-order valence-corrected chi connectivity index (χ1v) is 9.06. The van der Waals surface area contributed by atoms with Crippen LogP contribution in [0.15, 0.2) is 24.3 Å². The van der Waals surface area contributed by atoms with Gasteiger partial charge in [0.05, 0.1) is 5.69 Å². The molecule has 3 rings (SSSR count). The SMILES string of the molecule is CCc1nnsc1C(=O)Nc1ccccc1CN1CCN(C)CC1. The van der Waals surface area contributed by atoms with Crippen LogP contribution in [0.2, 0.25) is 0 Å². The van der Waals surface area contributed by atoms with Crippen LogP contribution in [0, 0.1) is 0 Å². The van der Waals surface area contributed by atoms with Crippen LogP contribution in [0.3, 0.4) is 0 Å². The molecule has 1 aliphatic rings. The summed E-state index contributed by atoms with van der Waals surface area (Å²) < 4.78 is 3.90. The van der Waals surface area contributed by atoms with E-state index in [1.807, 2.05) is 25.1 Å². The third-order valence-electron chi connectivity index (χ3n) is 4.35. The molecule has 6 nitrogen and oxygen atoms in total. The Bertz CT molecular complexity index is 694. The van der Waals surface area contributed by atoms with Crippen molar-refractivity contribution >= 4 is 23.1 Å². The summed E-state index contributed by atoms with van der Waals surface area (Å²) in [5, 5.41) is 7.06. The lowest BCUT2D eigenvalue weighted by atomic mass is 10.1. The van der Waals surface area contributed by atoms with Crippen molar-refractivity contribution in [1.29, 1.82) is 0 Å². The molecule has 2 aromatic rings. The van der Waals surface area contributed by atoms with Crippen molar-refractivity contribution in [2.75, 3.05) is 38.5 Å². The van der Waals surface area contributed by atoms with E-state index in [2.05, 4.69) is 37.8 Å². The quantitative estimate of drug-likeness (QED) is 0.899. The van der Waals surface area contributed by atoms with Crippen molar-refractivity contribution in [2.45, 2.75) is 19.9 Å². The number of rotatable bonds is 5. The number of aromatic nitrogens is 2. The first kappa shape index (κ1) is 17.0. The zero-order valence-electron chi connectivity index (χ0n) is 14.2. The molecule has 1 fully saturated rings. The fraction of sp³-hybridized carbons (Fsp3) is 0.471. The Kier molecular flexibility index (Phi) is 5.55. The van der Waals surface area contributed by atoms with E-state index in [9.17, 15) is 4.79 Å². The second-order valence-corrected chi connectivity index (χ2v) is 6.85. The Hall–Kier alpha value is -1.83. The van der Waals surface area contributed by atoms with Gasteiger partial charge in [0.15, 0.2) is 0 Å². The van der Waals surface area contributed by atoms with Crippen LogP contribution in [-0.2, 0) is 13.0 Å². The maximum atomic E-state index is 12.5. The number of carbonyl (C=O) groups is 1. The standard InChI is InChI=1S/C17H23N5OS/c1-3-14-16(24-20-19-14)17(23)18-15-7-5-4-6-13(15)12-22-10-8-21(2)9-11-22/h4-7H,3,8-12H2,1-2H3,(H,18,23). The van der Waals surface area contributed by atoms with Crippen molar-refractivity contribution in [1.82, 2.24) is 19.4 Å². The summed E-state index contributed by atoms with van der Waals surface area (Å²) in [6.07, 6.45) is 0.711. The third kappa shape index (κ3) is 3.98. The summed E-state index contributed by atoms with van der Waals surface area (Å²) in [6.45, 7) is 7.11. The predicted molar refractivity (Wildman–Crippen MR) is 96.5 cm³/mol. The van der Waals surface area contributed by atoms with Gasteiger partial charge in [-0.25, -0.2) is 0 Å². The molecule has 1 aromatic carbocycles. The lowest BCUT2D eigenvalue weighted by molar-refractivity contribution is 0.102. The van der Waals surface area contributed by atoms with Crippen LogP contribution in [0.25, 0.3) is 0 Å². The summed E-state index contributed by atoms with van der Waals surface area (Å²) in [5.74, 6) is -0.118. The molecule has 1 N–H and O–H groups in total. The van der Waals surface area contributed by atoms with E-state index in [-0.39, 0.29) is 5.91 Å². The molecule has 0 atom stereocenters. The topological polar surface area (TPSA) is 61.4 Å². The molecule has 24 heavy (non-hydrogen) atoms. The van der Waals surface area contributed by atoms with Crippen LogP contribution in [0.1, 0.15) is 27.9 Å². The lowest BCUT2D eigenvalue weighted by Crippen LogP contribution is -2.43. The Balaban J connectivity index is 1.71. The Morgan fingerprint density at radius 2 is 2.00 bits per heavy atom. The van der Waals surface area contributed by atoms with E-state index in [1.165, 1.54) is 0 Å². The van der Waals surface area contributed by atoms with Gasteiger partial charge in [0.1, 0.15) is 4.88 Å². The first-order chi connectivity index (χ1) is 11.7. The fourth-order valence-electron chi connectivity index (χ4n) is 2.82. The lowest BCUT2D eigenvalue weighted by Gasteiger charge is -2.32. The van der Waals surface area contributed by atoms with Crippen molar-refractivity contribution < 1.29 is 4.79 Å². The highest BCUT2D eigenvalue weighted by molar-refractivity contribution is 7.08. The zero-order chi connectivity index (χ0) is 16.9. The summed E-state index contributed by atoms with van der Waals surface area (Å²) in [7, 11) is 2.15. The van der Waals surface area contributed by atoms with Crippen LogP contribution in [0.5, 0.6) is 0 Å². The number of carbonyl (C=O) groups excluding carboxylic acids is 1. The van der Waals surface area contributed by atoms with E-state index >= 15 is 0 Å². The predicted octanol–water partition coefficient (Wildman–Crippen LogP) is 2.10. The molecule has 1 aliphatic heterocycles. The number of piperazine rings is 1. The molecule has 0 bridgehead atoms. The molecule has 0 saturated carbocycles. The van der Waals surface area contributed by atoms with Gasteiger partial charge < -0.3 is 10.2 Å². The van der Waals surface area contributed by atoms with Gasteiger partial charge in [0.25, 0.3) is 5.91 Å². The average molecular weight is 345 g/mol. The normalized spacial score (nSPS) is 16.2. The van der Waals surface area contributed by atoms with Gasteiger partial charge >= 0.3 is 0 Å². The molecule has 0 unspecified atom stereocenters. The Labute approximate surface area is 146 Å². The van der Waals surface area contributed by atoms with E-state index < -0.39 is 0 Å². The molecule has 1 aromatic heterocycles. The zero-order valence-corrected chi connectivity index (χ0v) is 15.0. The van der Waals surface area contributed by atoms with E-state index in [1.54, 1.807) is 0 Å². The van der Waals surface area contributed by atoms with Crippen molar-refractivity contribution in [3.8, 4) is 0 Å². The van der Waals surface area contributed by atoms with Crippen LogP contribution >= 0.6 is 11.5 Å². The van der Waals surface area contributed by atoms with Crippen molar-refractivity contribution in [2.24, 2.45) is 0 Å². The van der Waals surface area contributed by atoms with Crippen LogP contribution in [-0.4, -0.2) is 58.5 Å². The number of anilines is 1. The maximum absolute atomic E-state index is 12.5. The van der Waals surface area contributed by atoms with Crippen LogP contribution in [0.4, 0.5) is 5.69 Å². The summed E-state index contributed by atoms with van der Waals surface area (Å²) in [5.41, 5.74) is 2.77. The van der Waals surface area contributed by atoms with E-state index in [0.29, 0.717) is 11.3 Å². The van der Waals surface area contributed by atoms with Gasteiger partial charge in [-0.05, 0) is 36.6 Å². The first-order valence-electron chi connectivity index (χ1n) is 8.28.